The fourth-order valence-corrected chi connectivity index (χ4v) is 7.79. The van der Waals surface area contributed by atoms with E-state index in [2.05, 4.69) is 35.0 Å². The van der Waals surface area contributed by atoms with E-state index >= 15 is 0 Å². The first-order valence-corrected chi connectivity index (χ1v) is 23.4. The first kappa shape index (κ1) is 48.6. The fourth-order valence-electron chi connectivity index (χ4n) is 6.04. The Kier molecular flexibility index (Phi) is 39.3. The van der Waals surface area contributed by atoms with E-state index in [1.165, 1.54) is 179 Å². The number of ether oxygens (including phenoxy) is 1. The monoisotopic (exact) mass is 721 g/mol. The van der Waals surface area contributed by atoms with Gasteiger partial charge in [0.25, 0.3) is 0 Å². The predicted octanol–water partition coefficient (Wildman–Crippen LogP) is 13.3. The molecule has 1 N–H and O–H groups in total. The molecule has 0 aliphatic rings. The maximum absolute atomic E-state index is 10.3. The summed E-state index contributed by atoms with van der Waals surface area (Å²) < 4.78 is 18.3. The lowest BCUT2D eigenvalue weighted by molar-refractivity contribution is -0.870. The Morgan fingerprint density at radius 3 is 1.31 bits per heavy atom. The van der Waals surface area contributed by atoms with Crippen molar-refractivity contribution in [2.45, 2.75) is 194 Å². The molecular formula is C41H87NO4PS+. The highest BCUT2D eigenvalue weighted by atomic mass is 32.2. The fraction of sp³-hybridized carbons (Fsp3) is 1.00. The van der Waals surface area contributed by atoms with Gasteiger partial charge in [-0.05, 0) is 18.6 Å². The van der Waals surface area contributed by atoms with Crippen LogP contribution in [0.1, 0.15) is 194 Å². The number of likely N-dealkylation sites (N-methyl/N-ethyl adjacent to an activating group) is 1. The smallest absolute Gasteiger partial charge is 0.330 e. The summed E-state index contributed by atoms with van der Waals surface area (Å²) in [7, 11) is 4.57. The summed E-state index contributed by atoms with van der Waals surface area (Å²) in [6, 6.07) is 0. The quantitative estimate of drug-likeness (QED) is 0.0387. The minimum atomic E-state index is -1.82. The molecule has 0 aromatic carbocycles. The van der Waals surface area contributed by atoms with Gasteiger partial charge < -0.3 is 23.2 Å². The summed E-state index contributed by atoms with van der Waals surface area (Å²) in [5, 5.41) is 0. The Bertz CT molecular complexity index is 573. The molecule has 0 rings (SSSR count). The minimum absolute atomic E-state index is 0.299. The molecule has 0 spiro atoms. The molecule has 5 nitrogen and oxygen atoms in total. The van der Waals surface area contributed by atoms with Gasteiger partial charge in [0, 0.05) is 18.3 Å². The molecule has 2 unspecified atom stereocenters. The SMILES string of the molecule is CCCCCCCCCCCCCCCCOCC(COP(O)OCC[N+](C)(C)C)CSCCCCCCCCCCCCCCCC. The second-order valence-corrected chi connectivity index (χ2v) is 17.7. The van der Waals surface area contributed by atoms with Crippen molar-refractivity contribution >= 4 is 20.4 Å². The number of hydrogen-bond donors (Lipinski definition) is 1. The molecule has 7 heteroatoms. The molecule has 0 aromatic rings. The molecule has 48 heavy (non-hydrogen) atoms. The van der Waals surface area contributed by atoms with Crippen LogP contribution in [0.4, 0.5) is 0 Å². The Labute approximate surface area is 307 Å². The van der Waals surface area contributed by atoms with Crippen LogP contribution in [-0.2, 0) is 13.8 Å². The van der Waals surface area contributed by atoms with Crippen LogP contribution < -0.4 is 0 Å². The van der Waals surface area contributed by atoms with Gasteiger partial charge in [-0.2, -0.15) is 11.8 Å². The molecule has 0 saturated heterocycles. The molecule has 0 bridgehead atoms. The van der Waals surface area contributed by atoms with Crippen LogP contribution in [0.5, 0.6) is 0 Å². The number of nitrogens with zero attached hydrogens (tertiary/aromatic N) is 1. The van der Waals surface area contributed by atoms with Crippen molar-refractivity contribution in [3.63, 3.8) is 0 Å². The zero-order valence-corrected chi connectivity index (χ0v) is 35.0. The Hall–Kier alpha value is 0.580. The van der Waals surface area contributed by atoms with E-state index in [4.69, 9.17) is 13.8 Å². The number of rotatable bonds is 41. The zero-order valence-electron chi connectivity index (χ0n) is 33.3. The second kappa shape index (κ2) is 38.8. The van der Waals surface area contributed by atoms with E-state index < -0.39 is 8.60 Å². The van der Waals surface area contributed by atoms with E-state index in [0.29, 0.717) is 25.7 Å². The first-order chi connectivity index (χ1) is 23.4. The average Bonchev–Trinajstić information content (AvgIpc) is 3.05. The molecule has 0 amide bonds. The standard InChI is InChI=1S/C41H87NO4PS/c1-6-8-10-12-14-16-18-20-22-24-26-28-30-32-35-44-38-41(39-46-47(43)45-36-34-42(3,4)5)40-48-37-33-31-29-27-25-23-21-19-17-15-13-11-9-7-2/h41,43H,6-40H2,1-5H3/q+1. The maximum Gasteiger partial charge on any atom is 0.330 e. The topological polar surface area (TPSA) is 47.9 Å². The van der Waals surface area contributed by atoms with Gasteiger partial charge >= 0.3 is 8.60 Å². The van der Waals surface area contributed by atoms with Gasteiger partial charge in [-0.15, -0.1) is 0 Å². The zero-order chi connectivity index (χ0) is 35.2. The van der Waals surface area contributed by atoms with Crippen molar-refractivity contribution in [3.05, 3.63) is 0 Å². The number of unbranched alkanes of at least 4 members (excludes halogenated alkanes) is 26. The summed E-state index contributed by atoms with van der Waals surface area (Å²) >= 11 is 2.03. The lowest BCUT2D eigenvalue weighted by Gasteiger charge is -2.24. The Morgan fingerprint density at radius 2 is 0.896 bits per heavy atom. The molecule has 0 aliphatic heterocycles. The van der Waals surface area contributed by atoms with Crippen molar-refractivity contribution in [1.82, 2.24) is 0 Å². The lowest BCUT2D eigenvalue weighted by Crippen LogP contribution is -2.37. The molecule has 2 atom stereocenters. The number of quaternary nitrogens is 1. The number of hydrogen-bond acceptors (Lipinski definition) is 5. The summed E-state index contributed by atoms with van der Waals surface area (Å²) in [4.78, 5) is 10.3. The minimum Gasteiger partial charge on any atom is -0.381 e. The highest BCUT2D eigenvalue weighted by molar-refractivity contribution is 7.99. The van der Waals surface area contributed by atoms with Gasteiger partial charge in [0.05, 0.1) is 34.4 Å². The van der Waals surface area contributed by atoms with Crippen LogP contribution in [0, 0.1) is 5.92 Å². The van der Waals surface area contributed by atoms with E-state index in [-0.39, 0.29) is 0 Å². The molecule has 0 aliphatic carbocycles. The van der Waals surface area contributed by atoms with Crippen LogP contribution in [0.15, 0.2) is 0 Å². The van der Waals surface area contributed by atoms with Crippen molar-refractivity contribution < 1.29 is 23.2 Å². The Morgan fingerprint density at radius 1 is 0.500 bits per heavy atom. The van der Waals surface area contributed by atoms with Gasteiger partial charge in [0.1, 0.15) is 13.2 Å². The summed E-state index contributed by atoms with van der Waals surface area (Å²) in [5.74, 6) is 2.54. The summed E-state index contributed by atoms with van der Waals surface area (Å²) in [5.41, 5.74) is 0. The molecule has 0 radical (unpaired) electrons. The van der Waals surface area contributed by atoms with Crippen LogP contribution in [0.3, 0.4) is 0 Å². The molecule has 0 heterocycles. The largest absolute Gasteiger partial charge is 0.381 e. The van der Waals surface area contributed by atoms with E-state index in [9.17, 15) is 4.89 Å². The van der Waals surface area contributed by atoms with Crippen LogP contribution in [-0.4, -0.2) is 75.0 Å². The van der Waals surface area contributed by atoms with E-state index in [0.717, 1.165) is 29.8 Å². The average molecular weight is 721 g/mol. The van der Waals surface area contributed by atoms with Gasteiger partial charge in [-0.25, -0.2) is 0 Å². The van der Waals surface area contributed by atoms with Crippen molar-refractivity contribution in [2.24, 2.45) is 5.92 Å². The van der Waals surface area contributed by atoms with E-state index in [1.807, 2.05) is 11.8 Å². The van der Waals surface area contributed by atoms with Crippen LogP contribution in [0.2, 0.25) is 0 Å². The van der Waals surface area contributed by atoms with E-state index in [1.54, 1.807) is 0 Å². The summed E-state index contributed by atoms with van der Waals surface area (Å²) in [6.45, 7) is 8.02. The van der Waals surface area contributed by atoms with Crippen molar-refractivity contribution in [2.75, 3.05) is 65.6 Å². The van der Waals surface area contributed by atoms with Gasteiger partial charge in [-0.3, -0.25) is 0 Å². The molecule has 0 aromatic heterocycles. The third kappa shape index (κ3) is 41.0. The van der Waals surface area contributed by atoms with Gasteiger partial charge in [0.15, 0.2) is 0 Å². The van der Waals surface area contributed by atoms with Crippen LogP contribution in [0.25, 0.3) is 0 Å². The molecular weight excluding hydrogens is 633 g/mol. The van der Waals surface area contributed by atoms with Crippen LogP contribution >= 0.6 is 20.4 Å². The molecule has 0 fully saturated rings. The lowest BCUT2D eigenvalue weighted by atomic mass is 10.0. The van der Waals surface area contributed by atoms with Crippen molar-refractivity contribution in [3.8, 4) is 0 Å². The third-order valence-corrected chi connectivity index (χ3v) is 11.4. The maximum atomic E-state index is 10.3. The second-order valence-electron chi connectivity index (χ2n) is 15.6. The van der Waals surface area contributed by atoms with Gasteiger partial charge in [-0.1, -0.05) is 181 Å². The molecule has 0 saturated carbocycles. The normalized spacial score (nSPS) is 13.4. The van der Waals surface area contributed by atoms with Crippen molar-refractivity contribution in [1.29, 1.82) is 0 Å². The highest BCUT2D eigenvalue weighted by Crippen LogP contribution is 2.33. The number of thioether (sulfide) groups is 1. The Balaban J connectivity index is 3.95. The highest BCUT2D eigenvalue weighted by Gasteiger charge is 2.16. The summed E-state index contributed by atoms with van der Waals surface area (Å²) in [6.07, 6.45) is 39.0. The molecule has 290 valence electrons. The third-order valence-electron chi connectivity index (χ3n) is 9.38. The predicted molar refractivity (Wildman–Crippen MR) is 216 cm³/mol. The van der Waals surface area contributed by atoms with Gasteiger partial charge in [0.2, 0.25) is 0 Å². The first-order valence-electron chi connectivity index (χ1n) is 21.1.